The molecule has 0 aliphatic rings. The average molecular weight is 445 g/mol. The van der Waals surface area contributed by atoms with Crippen LogP contribution in [0.5, 0.6) is 0 Å². The number of hydrogen-bond donors (Lipinski definition) is 4. The highest BCUT2D eigenvalue weighted by atomic mass is 16.2. The summed E-state index contributed by atoms with van der Waals surface area (Å²) in [5.41, 5.74) is 4.05. The van der Waals surface area contributed by atoms with Crippen molar-refractivity contribution in [2.75, 3.05) is 22.5 Å². The second-order valence-corrected chi connectivity index (χ2v) is 8.01. The van der Waals surface area contributed by atoms with E-state index in [0.29, 0.717) is 22.5 Å². The molecule has 7 nitrogen and oxygen atoms in total. The van der Waals surface area contributed by atoms with Gasteiger partial charge in [0.25, 0.3) is 11.8 Å². The van der Waals surface area contributed by atoms with E-state index in [0.717, 1.165) is 11.3 Å². The lowest BCUT2D eigenvalue weighted by Crippen LogP contribution is -2.30. The topological polar surface area (TPSA) is 99.3 Å². The zero-order valence-electron chi connectivity index (χ0n) is 18.9. The predicted molar refractivity (Wildman–Crippen MR) is 132 cm³/mol. The molecule has 7 heteroatoms. The van der Waals surface area contributed by atoms with E-state index >= 15 is 0 Å². The van der Waals surface area contributed by atoms with E-state index in [-0.39, 0.29) is 30.3 Å². The molecule has 0 atom stereocenters. The Morgan fingerprint density at radius 2 is 1.36 bits per heavy atom. The Hall–Kier alpha value is -4.13. The van der Waals surface area contributed by atoms with Gasteiger partial charge >= 0.3 is 0 Å². The number of anilines is 3. The van der Waals surface area contributed by atoms with Crippen LogP contribution in [-0.2, 0) is 4.79 Å². The summed E-state index contributed by atoms with van der Waals surface area (Å²) in [5, 5.41) is 11.5. The molecule has 4 N–H and O–H groups in total. The van der Waals surface area contributed by atoms with Crippen LogP contribution in [0.3, 0.4) is 0 Å². The smallest absolute Gasteiger partial charge is 0.255 e. The van der Waals surface area contributed by atoms with Crippen molar-refractivity contribution in [3.8, 4) is 0 Å². The molecule has 0 radical (unpaired) electrons. The predicted octanol–water partition coefficient (Wildman–Crippen LogP) is 4.44. The van der Waals surface area contributed by atoms with E-state index in [1.54, 1.807) is 54.6 Å². The molecule has 3 aromatic rings. The van der Waals surface area contributed by atoms with Crippen molar-refractivity contribution in [1.82, 2.24) is 5.32 Å². The van der Waals surface area contributed by atoms with E-state index in [1.165, 1.54) is 0 Å². The molecule has 0 aromatic heterocycles. The van der Waals surface area contributed by atoms with Crippen LogP contribution in [-0.4, -0.2) is 30.3 Å². The Morgan fingerprint density at radius 1 is 0.727 bits per heavy atom. The van der Waals surface area contributed by atoms with Crippen molar-refractivity contribution >= 4 is 34.8 Å². The second kappa shape index (κ2) is 10.9. The van der Waals surface area contributed by atoms with Crippen molar-refractivity contribution < 1.29 is 14.4 Å². The summed E-state index contributed by atoms with van der Waals surface area (Å²) in [5.74, 6) is -0.606. The van der Waals surface area contributed by atoms with Crippen molar-refractivity contribution in [2.45, 2.75) is 26.8 Å². The SMILES string of the molecule is Cc1cccc(C(=O)Nc2ccc(NCC(=O)Nc3cccc(C(=O)NC(C)C)c3)cc2)c1. The number of aryl methyl sites for hydroxylation is 1. The molecular weight excluding hydrogens is 416 g/mol. The van der Waals surface area contributed by atoms with Crippen molar-refractivity contribution in [3.05, 3.63) is 89.5 Å². The van der Waals surface area contributed by atoms with E-state index in [9.17, 15) is 14.4 Å². The highest BCUT2D eigenvalue weighted by Gasteiger charge is 2.09. The van der Waals surface area contributed by atoms with Crippen LogP contribution in [0.15, 0.2) is 72.8 Å². The van der Waals surface area contributed by atoms with Crippen LogP contribution < -0.4 is 21.3 Å². The molecule has 3 rings (SSSR count). The van der Waals surface area contributed by atoms with Gasteiger partial charge in [-0.05, 0) is 75.4 Å². The van der Waals surface area contributed by atoms with Crippen molar-refractivity contribution in [2.24, 2.45) is 0 Å². The summed E-state index contributed by atoms with van der Waals surface area (Å²) in [7, 11) is 0. The first-order valence-corrected chi connectivity index (χ1v) is 10.7. The Bertz CT molecular complexity index is 1140. The first-order valence-electron chi connectivity index (χ1n) is 10.7. The van der Waals surface area contributed by atoms with Crippen molar-refractivity contribution in [1.29, 1.82) is 0 Å². The molecule has 0 spiro atoms. The Kier molecular flexibility index (Phi) is 7.81. The standard InChI is InChI=1S/C26H28N4O3/c1-17(2)28-25(32)20-8-5-9-23(15-20)29-24(31)16-27-21-10-12-22(13-11-21)30-26(33)19-7-4-6-18(3)14-19/h4-15,17,27H,16H2,1-3H3,(H,28,32)(H,29,31)(H,30,33). The number of rotatable bonds is 8. The number of carbonyl (C=O) groups is 3. The highest BCUT2D eigenvalue weighted by Crippen LogP contribution is 2.16. The third-order valence-corrected chi connectivity index (χ3v) is 4.70. The molecular formula is C26H28N4O3. The minimum absolute atomic E-state index is 0.0298. The number of nitrogens with one attached hydrogen (secondary N) is 4. The zero-order chi connectivity index (χ0) is 23.8. The van der Waals surface area contributed by atoms with Gasteiger partial charge in [0.15, 0.2) is 0 Å². The van der Waals surface area contributed by atoms with Gasteiger partial charge in [-0.25, -0.2) is 0 Å². The Balaban J connectivity index is 1.50. The molecule has 0 unspecified atom stereocenters. The van der Waals surface area contributed by atoms with Gasteiger partial charge in [-0.1, -0.05) is 23.8 Å². The van der Waals surface area contributed by atoms with Crippen LogP contribution in [0.1, 0.15) is 40.1 Å². The van der Waals surface area contributed by atoms with Gasteiger partial charge in [-0.3, -0.25) is 14.4 Å². The van der Waals surface area contributed by atoms with Crippen LogP contribution >= 0.6 is 0 Å². The van der Waals surface area contributed by atoms with Gasteiger partial charge < -0.3 is 21.3 Å². The maximum absolute atomic E-state index is 12.4. The monoisotopic (exact) mass is 444 g/mol. The van der Waals surface area contributed by atoms with Gasteiger partial charge in [-0.15, -0.1) is 0 Å². The van der Waals surface area contributed by atoms with Crippen LogP contribution in [0.4, 0.5) is 17.1 Å². The first kappa shape index (κ1) is 23.5. The van der Waals surface area contributed by atoms with Crippen LogP contribution in [0.25, 0.3) is 0 Å². The highest BCUT2D eigenvalue weighted by molar-refractivity contribution is 6.04. The van der Waals surface area contributed by atoms with Crippen LogP contribution in [0.2, 0.25) is 0 Å². The van der Waals surface area contributed by atoms with E-state index in [4.69, 9.17) is 0 Å². The summed E-state index contributed by atoms with van der Waals surface area (Å²) in [6.07, 6.45) is 0. The molecule has 0 aliphatic heterocycles. The fraction of sp³-hybridized carbons (Fsp3) is 0.192. The second-order valence-electron chi connectivity index (χ2n) is 8.01. The summed E-state index contributed by atoms with van der Waals surface area (Å²) >= 11 is 0. The lowest BCUT2D eigenvalue weighted by Gasteiger charge is -2.11. The minimum Gasteiger partial charge on any atom is -0.376 e. The van der Waals surface area contributed by atoms with Gasteiger partial charge in [0.2, 0.25) is 5.91 Å². The molecule has 170 valence electrons. The van der Waals surface area contributed by atoms with Gasteiger partial charge in [0.1, 0.15) is 0 Å². The van der Waals surface area contributed by atoms with Gasteiger partial charge in [0.05, 0.1) is 6.54 Å². The lowest BCUT2D eigenvalue weighted by atomic mass is 10.1. The summed E-state index contributed by atoms with van der Waals surface area (Å²) in [6, 6.07) is 21.3. The first-order chi connectivity index (χ1) is 15.8. The Labute approximate surface area is 193 Å². The summed E-state index contributed by atoms with van der Waals surface area (Å²) in [4.78, 5) is 36.8. The molecule has 0 aliphatic carbocycles. The zero-order valence-corrected chi connectivity index (χ0v) is 18.9. The fourth-order valence-electron chi connectivity index (χ4n) is 3.13. The number of benzene rings is 3. The van der Waals surface area contributed by atoms with E-state index in [2.05, 4.69) is 21.3 Å². The normalized spacial score (nSPS) is 10.4. The van der Waals surface area contributed by atoms with Crippen LogP contribution in [0, 0.1) is 6.92 Å². The largest absolute Gasteiger partial charge is 0.376 e. The number of carbonyl (C=O) groups excluding carboxylic acids is 3. The molecule has 3 amide bonds. The van der Waals surface area contributed by atoms with Gasteiger partial charge in [0, 0.05) is 34.2 Å². The van der Waals surface area contributed by atoms with Crippen molar-refractivity contribution in [3.63, 3.8) is 0 Å². The minimum atomic E-state index is -0.242. The number of hydrogen-bond acceptors (Lipinski definition) is 4. The fourth-order valence-corrected chi connectivity index (χ4v) is 3.13. The maximum Gasteiger partial charge on any atom is 0.255 e. The lowest BCUT2D eigenvalue weighted by molar-refractivity contribution is -0.114. The molecule has 0 saturated heterocycles. The summed E-state index contributed by atoms with van der Waals surface area (Å²) < 4.78 is 0. The number of amides is 3. The third kappa shape index (κ3) is 7.21. The molecule has 0 fully saturated rings. The average Bonchev–Trinajstić information content (AvgIpc) is 2.78. The summed E-state index contributed by atoms with van der Waals surface area (Å²) in [6.45, 7) is 5.77. The Morgan fingerprint density at radius 3 is 2.03 bits per heavy atom. The molecule has 0 saturated carbocycles. The molecule has 0 heterocycles. The molecule has 0 bridgehead atoms. The third-order valence-electron chi connectivity index (χ3n) is 4.70. The maximum atomic E-state index is 12.4. The molecule has 33 heavy (non-hydrogen) atoms. The van der Waals surface area contributed by atoms with E-state index < -0.39 is 0 Å². The quantitative estimate of drug-likeness (QED) is 0.413. The van der Waals surface area contributed by atoms with E-state index in [1.807, 2.05) is 39.0 Å². The van der Waals surface area contributed by atoms with Gasteiger partial charge in [-0.2, -0.15) is 0 Å². The molecule has 3 aromatic carbocycles.